The minimum absolute atomic E-state index is 0.887. The number of nitrogens with zero attached hydrogens (tertiary/aromatic N) is 4. The Hall–Kier alpha value is -3.40. The van der Waals surface area contributed by atoms with Crippen LogP contribution in [0.5, 0.6) is 0 Å². The lowest BCUT2D eigenvalue weighted by Gasteiger charge is -2.14. The molecule has 4 aromatic heterocycles. The molecule has 0 aliphatic rings. The molecule has 0 aliphatic heterocycles. The summed E-state index contributed by atoms with van der Waals surface area (Å²) < 4.78 is 0. The van der Waals surface area contributed by atoms with Crippen LogP contribution in [0.4, 0.5) is 0 Å². The van der Waals surface area contributed by atoms with Crippen molar-refractivity contribution in [3.8, 4) is 33.5 Å². The Morgan fingerprint density at radius 2 is 1.12 bits per heavy atom. The second-order valence-electron chi connectivity index (χ2n) is 5.31. The van der Waals surface area contributed by atoms with Crippen LogP contribution >= 0.6 is 0 Å². The van der Waals surface area contributed by atoms with Crippen molar-refractivity contribution in [3.05, 3.63) is 85.8 Å². The van der Waals surface area contributed by atoms with Crippen LogP contribution in [-0.4, -0.2) is 19.9 Å². The van der Waals surface area contributed by atoms with Crippen molar-refractivity contribution in [3.63, 3.8) is 0 Å². The Morgan fingerprint density at radius 3 is 1.71 bits per heavy atom. The lowest BCUT2D eigenvalue weighted by Crippen LogP contribution is -1.94. The van der Waals surface area contributed by atoms with Crippen molar-refractivity contribution in [2.24, 2.45) is 0 Å². The van der Waals surface area contributed by atoms with Gasteiger partial charge in [-0.3, -0.25) is 19.9 Å². The van der Waals surface area contributed by atoms with Crippen molar-refractivity contribution in [2.45, 2.75) is 0 Å². The summed E-state index contributed by atoms with van der Waals surface area (Å²) in [6, 6.07) is 13.9. The van der Waals surface area contributed by atoms with Crippen LogP contribution in [0.25, 0.3) is 33.5 Å². The molecule has 0 atom stereocenters. The molecule has 0 radical (unpaired) electrons. The summed E-state index contributed by atoms with van der Waals surface area (Å²) in [5.74, 6) is 0. The zero-order chi connectivity index (χ0) is 16.2. The second kappa shape index (κ2) is 6.38. The number of hydrogen-bond acceptors (Lipinski definition) is 4. The molecule has 114 valence electrons. The first-order valence-electron chi connectivity index (χ1n) is 7.64. The Balaban J connectivity index is 2.02. The smallest absolute Gasteiger partial charge is 0.0802 e. The largest absolute Gasteiger partial charge is 0.264 e. The molecule has 4 heterocycles. The van der Waals surface area contributed by atoms with Gasteiger partial charge in [-0.2, -0.15) is 0 Å². The van der Waals surface area contributed by atoms with Crippen molar-refractivity contribution < 1.29 is 0 Å². The number of aromatic nitrogens is 4. The fraction of sp³-hybridized carbons (Fsp3) is 0. The van der Waals surface area contributed by atoms with Gasteiger partial charge in [-0.25, -0.2) is 0 Å². The average molecular weight is 310 g/mol. The number of rotatable bonds is 3. The highest BCUT2D eigenvalue weighted by atomic mass is 14.7. The topological polar surface area (TPSA) is 51.6 Å². The van der Waals surface area contributed by atoms with Crippen LogP contribution in [0.1, 0.15) is 0 Å². The van der Waals surface area contributed by atoms with Gasteiger partial charge in [0.2, 0.25) is 0 Å². The van der Waals surface area contributed by atoms with Crippen LogP contribution in [-0.2, 0) is 0 Å². The molecule has 0 bridgehead atoms. The average Bonchev–Trinajstić information content (AvgIpc) is 2.69. The molecular formula is C20H14N4. The summed E-state index contributed by atoms with van der Waals surface area (Å²) in [4.78, 5) is 17.4. The van der Waals surface area contributed by atoms with E-state index in [0.29, 0.717) is 0 Å². The van der Waals surface area contributed by atoms with E-state index in [0.717, 1.165) is 33.5 Å². The van der Waals surface area contributed by atoms with Crippen LogP contribution in [0.15, 0.2) is 85.8 Å². The predicted molar refractivity (Wildman–Crippen MR) is 93.9 cm³/mol. The first-order valence-corrected chi connectivity index (χ1v) is 7.64. The zero-order valence-electron chi connectivity index (χ0n) is 12.9. The third-order valence-corrected chi connectivity index (χ3v) is 3.81. The quantitative estimate of drug-likeness (QED) is 0.567. The number of pyridine rings is 4. The standard InChI is InChI=1S/C20H14N4/c1-4-15(12-21-8-1)18-7-11-24-20(17-6-3-10-23-14-17)19(18)16-5-2-9-22-13-16/h1-14H. The summed E-state index contributed by atoms with van der Waals surface area (Å²) in [5, 5.41) is 0. The Bertz CT molecular complexity index is 881. The maximum atomic E-state index is 4.62. The minimum atomic E-state index is 0.887. The normalized spacial score (nSPS) is 10.5. The molecular weight excluding hydrogens is 296 g/mol. The predicted octanol–water partition coefficient (Wildman–Crippen LogP) is 4.27. The van der Waals surface area contributed by atoms with Gasteiger partial charge in [0.15, 0.2) is 0 Å². The molecule has 4 heteroatoms. The van der Waals surface area contributed by atoms with E-state index in [9.17, 15) is 0 Å². The van der Waals surface area contributed by atoms with Crippen molar-refractivity contribution in [1.29, 1.82) is 0 Å². The van der Waals surface area contributed by atoms with Gasteiger partial charge in [-0.1, -0.05) is 12.1 Å². The highest BCUT2D eigenvalue weighted by molar-refractivity contribution is 5.91. The first kappa shape index (κ1) is 14.2. The van der Waals surface area contributed by atoms with Gasteiger partial charge in [0.1, 0.15) is 0 Å². The molecule has 0 amide bonds. The molecule has 4 rings (SSSR count). The van der Waals surface area contributed by atoms with E-state index < -0.39 is 0 Å². The van der Waals surface area contributed by atoms with E-state index >= 15 is 0 Å². The zero-order valence-corrected chi connectivity index (χ0v) is 12.9. The molecule has 0 N–H and O–H groups in total. The minimum Gasteiger partial charge on any atom is -0.264 e. The van der Waals surface area contributed by atoms with Crippen LogP contribution in [0.3, 0.4) is 0 Å². The Kier molecular flexibility index (Phi) is 3.78. The van der Waals surface area contributed by atoms with Gasteiger partial charge < -0.3 is 0 Å². The SMILES string of the molecule is c1cncc(-c2ccnc(-c3cccnc3)c2-c2cccnc2)c1. The van der Waals surface area contributed by atoms with Crippen molar-refractivity contribution in [2.75, 3.05) is 0 Å². The van der Waals surface area contributed by atoms with Gasteiger partial charge >= 0.3 is 0 Å². The van der Waals surface area contributed by atoms with Gasteiger partial charge in [0.25, 0.3) is 0 Å². The second-order valence-corrected chi connectivity index (χ2v) is 5.31. The van der Waals surface area contributed by atoms with E-state index in [-0.39, 0.29) is 0 Å². The van der Waals surface area contributed by atoms with Crippen molar-refractivity contribution in [1.82, 2.24) is 19.9 Å². The highest BCUT2D eigenvalue weighted by Gasteiger charge is 2.15. The number of hydrogen-bond donors (Lipinski definition) is 0. The molecule has 0 saturated carbocycles. The molecule has 4 aromatic rings. The van der Waals surface area contributed by atoms with E-state index in [1.54, 1.807) is 18.6 Å². The van der Waals surface area contributed by atoms with Crippen LogP contribution in [0, 0.1) is 0 Å². The molecule has 0 aliphatic carbocycles. The van der Waals surface area contributed by atoms with E-state index in [1.165, 1.54) is 0 Å². The Morgan fingerprint density at radius 1 is 0.542 bits per heavy atom. The van der Waals surface area contributed by atoms with E-state index in [2.05, 4.69) is 26.0 Å². The first-order chi connectivity index (χ1) is 11.9. The van der Waals surface area contributed by atoms with E-state index in [4.69, 9.17) is 0 Å². The fourth-order valence-corrected chi connectivity index (χ4v) is 2.75. The molecule has 0 aromatic carbocycles. The van der Waals surface area contributed by atoms with Gasteiger partial charge in [0, 0.05) is 65.6 Å². The fourth-order valence-electron chi connectivity index (χ4n) is 2.75. The lowest BCUT2D eigenvalue weighted by molar-refractivity contribution is 1.26. The highest BCUT2D eigenvalue weighted by Crippen LogP contribution is 2.37. The van der Waals surface area contributed by atoms with Gasteiger partial charge in [0.05, 0.1) is 5.69 Å². The molecule has 0 fully saturated rings. The third kappa shape index (κ3) is 2.65. The molecule has 24 heavy (non-hydrogen) atoms. The van der Waals surface area contributed by atoms with Gasteiger partial charge in [-0.05, 0) is 35.9 Å². The lowest BCUT2D eigenvalue weighted by atomic mass is 9.93. The van der Waals surface area contributed by atoms with Crippen LogP contribution in [0.2, 0.25) is 0 Å². The molecule has 0 saturated heterocycles. The summed E-state index contributed by atoms with van der Waals surface area (Å²) in [5.41, 5.74) is 6.03. The summed E-state index contributed by atoms with van der Waals surface area (Å²) in [6.07, 6.45) is 12.7. The Labute approximate surface area is 139 Å². The molecule has 4 nitrogen and oxygen atoms in total. The summed E-state index contributed by atoms with van der Waals surface area (Å²) in [7, 11) is 0. The maximum absolute atomic E-state index is 4.62. The summed E-state index contributed by atoms with van der Waals surface area (Å²) >= 11 is 0. The van der Waals surface area contributed by atoms with Gasteiger partial charge in [-0.15, -0.1) is 0 Å². The third-order valence-electron chi connectivity index (χ3n) is 3.81. The monoisotopic (exact) mass is 310 g/mol. The van der Waals surface area contributed by atoms with Crippen molar-refractivity contribution >= 4 is 0 Å². The van der Waals surface area contributed by atoms with Crippen LogP contribution < -0.4 is 0 Å². The van der Waals surface area contributed by atoms with E-state index in [1.807, 2.05) is 61.2 Å². The maximum Gasteiger partial charge on any atom is 0.0802 e. The molecule has 0 spiro atoms. The molecule has 0 unspecified atom stereocenters. The summed E-state index contributed by atoms with van der Waals surface area (Å²) in [6.45, 7) is 0.